The van der Waals surface area contributed by atoms with Crippen LogP contribution in [0.4, 0.5) is 0 Å². The third-order valence-corrected chi connectivity index (χ3v) is 5.09. The van der Waals surface area contributed by atoms with Crippen LogP contribution in [0.3, 0.4) is 0 Å². The smallest absolute Gasteiger partial charge is 0.0491 e. The van der Waals surface area contributed by atoms with Crippen molar-refractivity contribution in [1.82, 2.24) is 14.8 Å². The average Bonchev–Trinajstić information content (AvgIpc) is 2.79. The normalized spacial score (nSPS) is 17.7. The van der Waals surface area contributed by atoms with Gasteiger partial charge in [0.05, 0.1) is 0 Å². The fourth-order valence-electron chi connectivity index (χ4n) is 2.86. The summed E-state index contributed by atoms with van der Waals surface area (Å²) in [6.45, 7) is 5.43. The van der Waals surface area contributed by atoms with E-state index in [9.17, 15) is 0 Å². The molecule has 6 heteroatoms. The Morgan fingerprint density at radius 1 is 1.24 bits per heavy atom. The zero-order chi connectivity index (χ0) is 14.8. The summed E-state index contributed by atoms with van der Waals surface area (Å²) in [6, 6.07) is 6.03. The second-order valence-corrected chi connectivity index (χ2v) is 7.20. The van der Waals surface area contributed by atoms with Crippen molar-refractivity contribution >= 4 is 44.2 Å². The molecule has 21 heavy (non-hydrogen) atoms. The van der Waals surface area contributed by atoms with E-state index in [1.165, 1.54) is 27.6 Å². The minimum atomic E-state index is 0.784. The summed E-state index contributed by atoms with van der Waals surface area (Å²) >= 11 is 6.17. The molecule has 1 N–H and O–H groups in total. The van der Waals surface area contributed by atoms with Crippen LogP contribution in [-0.4, -0.2) is 48.0 Å². The van der Waals surface area contributed by atoms with Gasteiger partial charge in [0.2, 0.25) is 0 Å². The number of benzene rings is 1. The first-order valence-electron chi connectivity index (χ1n) is 7.11. The first kappa shape index (κ1) is 15.5. The molecule has 0 atom stereocenters. The molecule has 1 aromatic heterocycles. The number of fused-ring (bicyclic) bond motifs is 1. The third kappa shape index (κ3) is 3.51. The highest BCUT2D eigenvalue weighted by atomic mass is 35.7. The van der Waals surface area contributed by atoms with Crippen LogP contribution in [-0.2, 0) is 12.3 Å². The fraction of sp³-hybridized carbons (Fsp3) is 0.467. The zero-order valence-corrected chi connectivity index (χ0v) is 14.4. The number of likely N-dealkylation sites (N-methyl/N-ethyl adjacent to an activating group) is 1. The molecule has 2 aromatic rings. The van der Waals surface area contributed by atoms with Gasteiger partial charge in [-0.05, 0) is 52.5 Å². The highest BCUT2D eigenvalue weighted by Crippen LogP contribution is 2.30. The van der Waals surface area contributed by atoms with Crippen molar-refractivity contribution in [2.24, 2.45) is 0 Å². The SMILES string of the molecule is CN1CCN(Cc2c(CSCl)[nH]c3ccc(Cl)cc23)CC1. The summed E-state index contributed by atoms with van der Waals surface area (Å²) in [6.07, 6.45) is 0. The molecule has 3 nitrogen and oxygen atoms in total. The summed E-state index contributed by atoms with van der Waals surface area (Å²) in [5.41, 5.74) is 3.70. The van der Waals surface area contributed by atoms with Crippen molar-refractivity contribution in [3.63, 3.8) is 0 Å². The van der Waals surface area contributed by atoms with Crippen LogP contribution in [0.2, 0.25) is 5.02 Å². The van der Waals surface area contributed by atoms with Gasteiger partial charge in [-0.15, -0.1) is 0 Å². The van der Waals surface area contributed by atoms with Crippen LogP contribution in [0.1, 0.15) is 11.3 Å². The van der Waals surface area contributed by atoms with Gasteiger partial charge in [0.25, 0.3) is 0 Å². The Morgan fingerprint density at radius 3 is 2.71 bits per heavy atom. The Hall–Kier alpha value is -0.390. The molecule has 0 bridgehead atoms. The molecule has 3 rings (SSSR count). The molecule has 114 valence electrons. The second kappa shape index (κ2) is 6.80. The molecule has 0 saturated carbocycles. The Morgan fingerprint density at radius 2 is 2.00 bits per heavy atom. The van der Waals surface area contributed by atoms with Gasteiger partial charge in [-0.3, -0.25) is 4.90 Å². The molecule has 0 unspecified atom stereocenters. The molecular weight excluding hydrogens is 325 g/mol. The third-order valence-electron chi connectivity index (χ3n) is 4.13. The topological polar surface area (TPSA) is 22.3 Å². The largest absolute Gasteiger partial charge is 0.357 e. The molecule has 1 aliphatic heterocycles. The van der Waals surface area contributed by atoms with Crippen molar-refractivity contribution < 1.29 is 0 Å². The Balaban J connectivity index is 1.91. The quantitative estimate of drug-likeness (QED) is 0.908. The van der Waals surface area contributed by atoms with E-state index in [0.717, 1.165) is 49.0 Å². The van der Waals surface area contributed by atoms with E-state index in [1.807, 2.05) is 12.1 Å². The van der Waals surface area contributed by atoms with Gasteiger partial charge >= 0.3 is 0 Å². The van der Waals surface area contributed by atoms with Gasteiger partial charge in [-0.25, -0.2) is 0 Å². The highest BCUT2D eigenvalue weighted by molar-refractivity contribution is 8.20. The summed E-state index contributed by atoms with van der Waals surface area (Å²) in [4.78, 5) is 8.37. The summed E-state index contributed by atoms with van der Waals surface area (Å²) in [5, 5.41) is 2.01. The number of rotatable bonds is 4. The zero-order valence-electron chi connectivity index (χ0n) is 12.0. The lowest BCUT2D eigenvalue weighted by molar-refractivity contribution is 0.148. The molecule has 1 aliphatic rings. The maximum atomic E-state index is 6.17. The number of H-pyrrole nitrogens is 1. The van der Waals surface area contributed by atoms with E-state index in [0.29, 0.717) is 0 Å². The molecule has 0 spiro atoms. The molecular formula is C15H19Cl2N3S. The lowest BCUT2D eigenvalue weighted by atomic mass is 10.1. The monoisotopic (exact) mass is 343 g/mol. The Bertz CT molecular complexity index is 621. The van der Waals surface area contributed by atoms with E-state index in [4.69, 9.17) is 22.3 Å². The first-order valence-corrected chi connectivity index (χ1v) is 9.30. The minimum Gasteiger partial charge on any atom is -0.357 e. The summed E-state index contributed by atoms with van der Waals surface area (Å²) < 4.78 is 0. The van der Waals surface area contributed by atoms with Crippen LogP contribution in [0, 0.1) is 0 Å². The number of hydrogen-bond donors (Lipinski definition) is 1. The molecule has 1 fully saturated rings. The van der Waals surface area contributed by atoms with Crippen LogP contribution < -0.4 is 0 Å². The van der Waals surface area contributed by atoms with Gasteiger partial charge in [0.1, 0.15) is 0 Å². The molecule has 1 saturated heterocycles. The van der Waals surface area contributed by atoms with Gasteiger partial charge in [-0.2, -0.15) is 0 Å². The number of halogens is 2. The van der Waals surface area contributed by atoms with Crippen molar-refractivity contribution in [2.45, 2.75) is 12.3 Å². The maximum Gasteiger partial charge on any atom is 0.0491 e. The molecule has 0 amide bonds. The molecule has 1 aromatic carbocycles. The summed E-state index contributed by atoms with van der Waals surface area (Å²) in [5.74, 6) is 0.789. The maximum absolute atomic E-state index is 6.17. The van der Waals surface area contributed by atoms with Crippen LogP contribution in [0.5, 0.6) is 0 Å². The van der Waals surface area contributed by atoms with E-state index in [2.05, 4.69) is 27.9 Å². The Kier molecular flexibility index (Phi) is 5.02. The van der Waals surface area contributed by atoms with E-state index in [1.54, 1.807) is 0 Å². The minimum absolute atomic E-state index is 0.784. The highest BCUT2D eigenvalue weighted by Gasteiger charge is 2.18. The van der Waals surface area contributed by atoms with Crippen molar-refractivity contribution in [1.29, 1.82) is 0 Å². The molecule has 0 aliphatic carbocycles. The lowest BCUT2D eigenvalue weighted by Crippen LogP contribution is -2.43. The number of aromatic nitrogens is 1. The van der Waals surface area contributed by atoms with Gasteiger partial charge in [0, 0.05) is 60.1 Å². The van der Waals surface area contributed by atoms with Crippen LogP contribution in [0.15, 0.2) is 18.2 Å². The first-order chi connectivity index (χ1) is 10.2. The second-order valence-electron chi connectivity index (χ2n) is 5.60. The average molecular weight is 344 g/mol. The fourth-order valence-corrected chi connectivity index (χ4v) is 3.72. The number of nitrogens with zero attached hydrogens (tertiary/aromatic N) is 2. The van der Waals surface area contributed by atoms with Gasteiger partial charge < -0.3 is 9.88 Å². The van der Waals surface area contributed by atoms with Gasteiger partial charge in [0.15, 0.2) is 0 Å². The van der Waals surface area contributed by atoms with Crippen molar-refractivity contribution in [2.75, 3.05) is 33.2 Å². The predicted molar refractivity (Wildman–Crippen MR) is 93.2 cm³/mol. The van der Waals surface area contributed by atoms with Crippen molar-refractivity contribution in [3.05, 3.63) is 34.5 Å². The predicted octanol–water partition coefficient (Wildman–Crippen LogP) is 3.96. The number of piperazine rings is 1. The van der Waals surface area contributed by atoms with E-state index >= 15 is 0 Å². The van der Waals surface area contributed by atoms with E-state index < -0.39 is 0 Å². The Labute approximate surface area is 139 Å². The molecule has 0 radical (unpaired) electrons. The molecule has 2 heterocycles. The number of nitrogens with one attached hydrogen (secondary N) is 1. The number of aromatic amines is 1. The van der Waals surface area contributed by atoms with Crippen LogP contribution in [0.25, 0.3) is 10.9 Å². The summed E-state index contributed by atoms with van der Waals surface area (Å²) in [7, 11) is 9.39. The standard InChI is InChI=1S/C15H19Cl2N3S/c1-19-4-6-20(7-5-19)9-13-12-8-11(16)2-3-14(12)18-15(13)10-21-17/h2-3,8,18H,4-7,9-10H2,1H3. The van der Waals surface area contributed by atoms with Crippen molar-refractivity contribution in [3.8, 4) is 0 Å². The van der Waals surface area contributed by atoms with Gasteiger partial charge in [-0.1, -0.05) is 11.6 Å². The lowest BCUT2D eigenvalue weighted by Gasteiger charge is -2.32. The van der Waals surface area contributed by atoms with E-state index in [-0.39, 0.29) is 0 Å². The number of hydrogen-bond acceptors (Lipinski definition) is 3. The van der Waals surface area contributed by atoms with Crippen LogP contribution >= 0.6 is 33.3 Å².